The number of nitrogens with two attached hydrogens (primary N) is 1. The van der Waals surface area contributed by atoms with Gasteiger partial charge >= 0.3 is 0 Å². The molecule has 1 aliphatic carbocycles. The number of nitrogens with one attached hydrogen (secondary N) is 1. The molecule has 86 valence electrons. The molecule has 1 amide bonds. The monoisotopic (exact) mass is 218 g/mol. The summed E-state index contributed by atoms with van der Waals surface area (Å²) in [5.41, 5.74) is 8.34. The molecule has 0 heterocycles. The van der Waals surface area contributed by atoms with Crippen LogP contribution in [0, 0.1) is 12.8 Å². The lowest BCUT2D eigenvalue weighted by atomic mass is 9.83. The van der Waals surface area contributed by atoms with Crippen molar-refractivity contribution in [2.24, 2.45) is 5.92 Å². The first kappa shape index (κ1) is 11.0. The van der Waals surface area contributed by atoms with Crippen molar-refractivity contribution in [2.75, 3.05) is 11.1 Å². The van der Waals surface area contributed by atoms with Gasteiger partial charge in [0.25, 0.3) is 0 Å². The van der Waals surface area contributed by atoms with Crippen LogP contribution in [0.4, 0.5) is 11.4 Å². The van der Waals surface area contributed by atoms with E-state index in [0.29, 0.717) is 12.3 Å². The highest BCUT2D eigenvalue weighted by Crippen LogP contribution is 2.29. The maximum atomic E-state index is 11.7. The van der Waals surface area contributed by atoms with Gasteiger partial charge in [0.1, 0.15) is 0 Å². The van der Waals surface area contributed by atoms with Crippen LogP contribution in [0.1, 0.15) is 31.2 Å². The van der Waals surface area contributed by atoms with Crippen molar-refractivity contribution in [3.63, 3.8) is 0 Å². The first-order valence-corrected chi connectivity index (χ1v) is 5.81. The normalized spacial score (nSPS) is 15.6. The Labute approximate surface area is 96.0 Å². The zero-order valence-corrected chi connectivity index (χ0v) is 9.62. The summed E-state index contributed by atoms with van der Waals surface area (Å²) in [5, 5.41) is 2.89. The molecule has 1 aromatic carbocycles. The molecule has 3 heteroatoms. The minimum atomic E-state index is 0.105. The van der Waals surface area contributed by atoms with E-state index < -0.39 is 0 Å². The van der Waals surface area contributed by atoms with E-state index in [2.05, 4.69) is 5.32 Å². The van der Waals surface area contributed by atoms with Crippen LogP contribution in [0.25, 0.3) is 0 Å². The lowest BCUT2D eigenvalue weighted by molar-refractivity contribution is -0.117. The van der Waals surface area contributed by atoms with Gasteiger partial charge in [-0.3, -0.25) is 4.79 Å². The molecule has 1 aliphatic rings. The van der Waals surface area contributed by atoms with Gasteiger partial charge in [0.2, 0.25) is 5.91 Å². The topological polar surface area (TPSA) is 55.1 Å². The average Bonchev–Trinajstić information content (AvgIpc) is 2.18. The van der Waals surface area contributed by atoms with Crippen molar-refractivity contribution in [3.05, 3.63) is 23.8 Å². The van der Waals surface area contributed by atoms with Crippen molar-refractivity contribution in [1.82, 2.24) is 0 Å². The van der Waals surface area contributed by atoms with Crippen molar-refractivity contribution in [3.8, 4) is 0 Å². The van der Waals surface area contributed by atoms with Crippen LogP contribution < -0.4 is 11.1 Å². The summed E-state index contributed by atoms with van der Waals surface area (Å²) in [5.74, 6) is 0.704. The van der Waals surface area contributed by atoms with E-state index in [9.17, 15) is 4.79 Å². The number of nitrogen functional groups attached to an aromatic ring is 1. The third-order valence-electron chi connectivity index (χ3n) is 3.26. The summed E-state index contributed by atoms with van der Waals surface area (Å²) in [4.78, 5) is 11.7. The van der Waals surface area contributed by atoms with E-state index in [-0.39, 0.29) is 5.91 Å². The van der Waals surface area contributed by atoms with E-state index in [0.717, 1.165) is 16.9 Å². The fourth-order valence-corrected chi connectivity index (χ4v) is 1.89. The Morgan fingerprint density at radius 1 is 1.50 bits per heavy atom. The van der Waals surface area contributed by atoms with Gasteiger partial charge in [-0.25, -0.2) is 0 Å². The Hall–Kier alpha value is -1.51. The summed E-state index contributed by atoms with van der Waals surface area (Å²) in [6.45, 7) is 1.95. The molecule has 1 saturated carbocycles. The van der Waals surface area contributed by atoms with E-state index in [1.165, 1.54) is 19.3 Å². The molecule has 1 aromatic rings. The van der Waals surface area contributed by atoms with Gasteiger partial charge in [-0.15, -0.1) is 0 Å². The molecule has 2 rings (SSSR count). The third kappa shape index (κ3) is 2.54. The lowest BCUT2D eigenvalue weighted by Gasteiger charge is -2.24. The molecule has 1 fully saturated rings. The molecule has 0 aliphatic heterocycles. The number of aryl methyl sites for hydroxylation is 1. The molecular formula is C13H18N2O. The van der Waals surface area contributed by atoms with Crippen molar-refractivity contribution < 1.29 is 4.79 Å². The first-order chi connectivity index (χ1) is 7.65. The molecule has 16 heavy (non-hydrogen) atoms. The Kier molecular flexibility index (Phi) is 3.13. The molecule has 3 nitrogen and oxygen atoms in total. The summed E-state index contributed by atoms with van der Waals surface area (Å²) in [6, 6.07) is 5.63. The largest absolute Gasteiger partial charge is 0.398 e. The Morgan fingerprint density at radius 2 is 2.25 bits per heavy atom. The van der Waals surface area contributed by atoms with Gasteiger partial charge in [-0.05, 0) is 43.4 Å². The maximum absolute atomic E-state index is 11.7. The minimum Gasteiger partial charge on any atom is -0.398 e. The van der Waals surface area contributed by atoms with Crippen LogP contribution in [0.3, 0.4) is 0 Å². The molecular weight excluding hydrogens is 200 g/mol. The molecule has 0 spiro atoms. The summed E-state index contributed by atoms with van der Waals surface area (Å²) in [7, 11) is 0. The maximum Gasteiger partial charge on any atom is 0.224 e. The summed E-state index contributed by atoms with van der Waals surface area (Å²) >= 11 is 0. The molecule has 0 aromatic heterocycles. The molecule has 0 unspecified atom stereocenters. The third-order valence-corrected chi connectivity index (χ3v) is 3.26. The summed E-state index contributed by atoms with van der Waals surface area (Å²) < 4.78 is 0. The lowest BCUT2D eigenvalue weighted by Crippen LogP contribution is -2.20. The van der Waals surface area contributed by atoms with Gasteiger partial charge in [0.05, 0.1) is 0 Å². The smallest absolute Gasteiger partial charge is 0.224 e. The van der Waals surface area contributed by atoms with E-state index in [1.807, 2.05) is 25.1 Å². The average molecular weight is 218 g/mol. The number of hydrogen-bond acceptors (Lipinski definition) is 2. The number of benzene rings is 1. The Bertz CT molecular complexity index is 397. The van der Waals surface area contributed by atoms with E-state index in [4.69, 9.17) is 5.73 Å². The van der Waals surface area contributed by atoms with Gasteiger partial charge in [-0.1, -0.05) is 12.5 Å². The van der Waals surface area contributed by atoms with Crippen molar-refractivity contribution >= 4 is 17.3 Å². The van der Waals surface area contributed by atoms with Gasteiger partial charge in [-0.2, -0.15) is 0 Å². The van der Waals surface area contributed by atoms with Gasteiger partial charge < -0.3 is 11.1 Å². The van der Waals surface area contributed by atoms with E-state index in [1.54, 1.807) is 0 Å². The van der Waals surface area contributed by atoms with Crippen LogP contribution >= 0.6 is 0 Å². The Morgan fingerprint density at radius 3 is 2.81 bits per heavy atom. The van der Waals surface area contributed by atoms with Gasteiger partial charge in [0.15, 0.2) is 0 Å². The van der Waals surface area contributed by atoms with Crippen LogP contribution in [0.2, 0.25) is 0 Å². The fraction of sp³-hybridized carbons (Fsp3) is 0.462. The second kappa shape index (κ2) is 4.56. The zero-order chi connectivity index (χ0) is 11.5. The predicted molar refractivity (Wildman–Crippen MR) is 66.2 cm³/mol. The van der Waals surface area contributed by atoms with Crippen LogP contribution in [0.15, 0.2) is 18.2 Å². The number of anilines is 2. The van der Waals surface area contributed by atoms with Crippen LogP contribution in [-0.2, 0) is 4.79 Å². The molecule has 3 N–H and O–H groups in total. The molecule has 0 saturated heterocycles. The second-order valence-corrected chi connectivity index (χ2v) is 4.62. The number of amides is 1. The standard InChI is InChI=1S/C13H18N2O/c1-9-5-6-11(8-12(9)14)15-13(16)7-10-3-2-4-10/h5-6,8,10H,2-4,7,14H2,1H3,(H,15,16). The number of hydrogen-bond donors (Lipinski definition) is 2. The highest BCUT2D eigenvalue weighted by Gasteiger charge is 2.20. The molecule has 0 atom stereocenters. The quantitative estimate of drug-likeness (QED) is 0.766. The van der Waals surface area contributed by atoms with Gasteiger partial charge in [0, 0.05) is 17.8 Å². The zero-order valence-electron chi connectivity index (χ0n) is 9.62. The fourth-order valence-electron chi connectivity index (χ4n) is 1.89. The number of rotatable bonds is 3. The minimum absolute atomic E-state index is 0.105. The van der Waals surface area contributed by atoms with Crippen LogP contribution in [-0.4, -0.2) is 5.91 Å². The summed E-state index contributed by atoms with van der Waals surface area (Å²) in [6.07, 6.45) is 4.32. The predicted octanol–water partition coefficient (Wildman–Crippen LogP) is 2.71. The number of carbonyl (C=O) groups excluding carboxylic acids is 1. The Balaban J connectivity index is 1.92. The SMILES string of the molecule is Cc1ccc(NC(=O)CC2CCC2)cc1N. The van der Waals surface area contributed by atoms with Crippen molar-refractivity contribution in [1.29, 1.82) is 0 Å². The number of carbonyl (C=O) groups is 1. The molecule has 0 radical (unpaired) electrons. The van der Waals surface area contributed by atoms with Crippen molar-refractivity contribution in [2.45, 2.75) is 32.6 Å². The first-order valence-electron chi connectivity index (χ1n) is 5.81. The van der Waals surface area contributed by atoms with Crippen LogP contribution in [0.5, 0.6) is 0 Å². The molecule has 0 bridgehead atoms. The highest BCUT2D eigenvalue weighted by molar-refractivity contribution is 5.91. The highest BCUT2D eigenvalue weighted by atomic mass is 16.1. The second-order valence-electron chi connectivity index (χ2n) is 4.62. The van der Waals surface area contributed by atoms with E-state index >= 15 is 0 Å².